The van der Waals surface area contributed by atoms with Crippen LogP contribution in [0.3, 0.4) is 0 Å². The van der Waals surface area contributed by atoms with Gasteiger partial charge in [0.1, 0.15) is 0 Å². The Morgan fingerprint density at radius 1 is 1.29 bits per heavy atom. The average Bonchev–Trinajstić information content (AvgIpc) is 3.12. The fourth-order valence-electron chi connectivity index (χ4n) is 2.84. The van der Waals surface area contributed by atoms with E-state index in [1.165, 1.54) is 23.5 Å². The van der Waals surface area contributed by atoms with Gasteiger partial charge in [-0.1, -0.05) is 23.5 Å². The number of thiazole rings is 1. The molecule has 5 heteroatoms. The zero-order valence-corrected chi connectivity index (χ0v) is 12.6. The van der Waals surface area contributed by atoms with Crippen molar-refractivity contribution in [2.75, 3.05) is 13.6 Å². The van der Waals surface area contributed by atoms with Crippen LogP contribution in [0.4, 0.5) is 0 Å². The molecule has 3 heterocycles. The molecule has 4 rings (SSSR count). The highest BCUT2D eigenvalue weighted by molar-refractivity contribution is 7.15. The van der Waals surface area contributed by atoms with Gasteiger partial charge < -0.3 is 4.90 Å². The van der Waals surface area contributed by atoms with Gasteiger partial charge in [0.15, 0.2) is 4.96 Å². The largest absolute Gasteiger partial charge is 0.378 e. The van der Waals surface area contributed by atoms with Crippen LogP contribution < -0.4 is 10.1 Å². The Hall–Kier alpha value is -2.14. The van der Waals surface area contributed by atoms with Crippen LogP contribution in [0, 0.1) is 0 Å². The minimum atomic E-state index is 0.0289. The Labute approximate surface area is 125 Å². The second kappa shape index (κ2) is 4.70. The number of hydrogen-bond donors (Lipinski definition) is 0. The standard InChI is InChI=1S/C16H15N3OS/c1-18-10-4-5-11(18)8-9-14-15(20)19-13-7-3-2-6-12(13)17-16(19)21-14/h2-3,6-9H,4-5,10H2,1H3/b11-8+,14-9-. The molecule has 1 saturated heterocycles. The van der Waals surface area contributed by atoms with Gasteiger partial charge >= 0.3 is 0 Å². The predicted molar refractivity (Wildman–Crippen MR) is 86.5 cm³/mol. The molecule has 2 aromatic heterocycles. The van der Waals surface area contributed by atoms with Crippen LogP contribution in [0.1, 0.15) is 12.8 Å². The molecule has 0 atom stereocenters. The summed E-state index contributed by atoms with van der Waals surface area (Å²) < 4.78 is 2.46. The van der Waals surface area contributed by atoms with Crippen molar-refractivity contribution in [3.8, 4) is 0 Å². The van der Waals surface area contributed by atoms with Crippen molar-refractivity contribution in [1.29, 1.82) is 0 Å². The Morgan fingerprint density at radius 2 is 2.14 bits per heavy atom. The molecule has 106 valence electrons. The highest BCUT2D eigenvalue weighted by Gasteiger charge is 2.12. The van der Waals surface area contributed by atoms with Crippen molar-refractivity contribution in [2.24, 2.45) is 0 Å². The second-order valence-corrected chi connectivity index (χ2v) is 6.35. The Balaban J connectivity index is 1.91. The van der Waals surface area contributed by atoms with Crippen LogP contribution in [0.25, 0.3) is 22.1 Å². The van der Waals surface area contributed by atoms with Crippen molar-refractivity contribution in [3.05, 3.63) is 50.9 Å². The molecule has 0 saturated carbocycles. The first-order valence-corrected chi connectivity index (χ1v) is 7.88. The van der Waals surface area contributed by atoms with Gasteiger partial charge in [-0.3, -0.25) is 4.79 Å². The van der Waals surface area contributed by atoms with Crippen molar-refractivity contribution < 1.29 is 0 Å². The van der Waals surface area contributed by atoms with Gasteiger partial charge in [0.25, 0.3) is 5.56 Å². The summed E-state index contributed by atoms with van der Waals surface area (Å²) >= 11 is 1.45. The van der Waals surface area contributed by atoms with Gasteiger partial charge in [0, 0.05) is 19.3 Å². The number of allylic oxidation sites excluding steroid dienone is 2. The smallest absolute Gasteiger partial charge is 0.274 e. The number of benzene rings is 1. The molecule has 21 heavy (non-hydrogen) atoms. The van der Waals surface area contributed by atoms with Crippen LogP contribution in [0.15, 0.2) is 40.8 Å². The summed E-state index contributed by atoms with van der Waals surface area (Å²) in [5.41, 5.74) is 3.09. The van der Waals surface area contributed by atoms with Crippen LogP contribution in [-0.2, 0) is 0 Å². The maximum atomic E-state index is 12.5. The lowest BCUT2D eigenvalue weighted by Crippen LogP contribution is -2.22. The van der Waals surface area contributed by atoms with E-state index in [4.69, 9.17) is 0 Å². The lowest BCUT2D eigenvalue weighted by molar-refractivity contribution is 0.481. The summed E-state index contributed by atoms with van der Waals surface area (Å²) in [5.74, 6) is 0. The Morgan fingerprint density at radius 3 is 2.95 bits per heavy atom. The summed E-state index contributed by atoms with van der Waals surface area (Å²) in [4.78, 5) is 20.1. The number of hydrogen-bond acceptors (Lipinski definition) is 4. The number of rotatable bonds is 1. The highest BCUT2D eigenvalue weighted by atomic mass is 32.1. The third-order valence-electron chi connectivity index (χ3n) is 3.99. The first-order chi connectivity index (χ1) is 10.2. The lowest BCUT2D eigenvalue weighted by atomic mass is 10.3. The number of aromatic nitrogens is 2. The van der Waals surface area contributed by atoms with Crippen molar-refractivity contribution >= 4 is 33.4 Å². The first kappa shape index (κ1) is 12.6. The number of para-hydroxylation sites is 2. The molecule has 1 fully saturated rings. The van der Waals surface area contributed by atoms with Crippen LogP contribution in [0.5, 0.6) is 0 Å². The molecule has 4 nitrogen and oxygen atoms in total. The first-order valence-electron chi connectivity index (χ1n) is 7.06. The summed E-state index contributed by atoms with van der Waals surface area (Å²) in [6.07, 6.45) is 6.29. The number of nitrogens with zero attached hydrogens (tertiary/aromatic N) is 3. The van der Waals surface area contributed by atoms with Crippen molar-refractivity contribution in [2.45, 2.75) is 12.8 Å². The molecule has 1 aliphatic rings. The van der Waals surface area contributed by atoms with E-state index >= 15 is 0 Å². The predicted octanol–water partition coefficient (Wildman–Crippen LogP) is 2.02. The van der Waals surface area contributed by atoms with E-state index in [-0.39, 0.29) is 5.56 Å². The molecule has 0 spiro atoms. The van der Waals surface area contributed by atoms with E-state index in [0.29, 0.717) is 0 Å². The number of fused-ring (bicyclic) bond motifs is 3. The summed E-state index contributed by atoms with van der Waals surface area (Å²) in [7, 11) is 2.10. The zero-order valence-electron chi connectivity index (χ0n) is 11.7. The molecule has 1 aromatic carbocycles. The molecule has 0 aliphatic carbocycles. The molecular formula is C16H15N3OS. The van der Waals surface area contributed by atoms with Crippen molar-refractivity contribution in [3.63, 3.8) is 0 Å². The van der Waals surface area contributed by atoms with E-state index in [9.17, 15) is 4.79 Å². The molecule has 0 amide bonds. The molecule has 0 radical (unpaired) electrons. The zero-order chi connectivity index (χ0) is 14.4. The van der Waals surface area contributed by atoms with Crippen LogP contribution >= 0.6 is 11.3 Å². The SMILES string of the molecule is CN1CCC/C1=C\C=c1/sc2nc3ccccc3n2c1=O. The molecule has 1 aliphatic heterocycles. The summed E-state index contributed by atoms with van der Waals surface area (Å²) in [6.45, 7) is 1.10. The van der Waals surface area contributed by atoms with Gasteiger partial charge in [-0.2, -0.15) is 0 Å². The minimum absolute atomic E-state index is 0.0289. The van der Waals surface area contributed by atoms with Gasteiger partial charge in [0.05, 0.1) is 15.6 Å². The van der Waals surface area contributed by atoms with Crippen LogP contribution in [-0.4, -0.2) is 27.9 Å². The van der Waals surface area contributed by atoms with E-state index < -0.39 is 0 Å². The average molecular weight is 297 g/mol. The normalized spacial score (nSPS) is 18.6. The second-order valence-electron chi connectivity index (χ2n) is 5.34. The van der Waals surface area contributed by atoms with Gasteiger partial charge in [-0.15, -0.1) is 0 Å². The molecule has 0 bridgehead atoms. The fourth-order valence-corrected chi connectivity index (χ4v) is 3.77. The summed E-state index contributed by atoms with van der Waals surface area (Å²) in [5, 5.41) is 0. The molecule has 3 aromatic rings. The van der Waals surface area contributed by atoms with Gasteiger partial charge in [-0.05, 0) is 37.1 Å². The minimum Gasteiger partial charge on any atom is -0.378 e. The van der Waals surface area contributed by atoms with Crippen molar-refractivity contribution in [1.82, 2.24) is 14.3 Å². The van der Waals surface area contributed by atoms with Crippen LogP contribution in [0.2, 0.25) is 0 Å². The third kappa shape index (κ3) is 1.96. The maximum Gasteiger partial charge on any atom is 0.274 e. The number of likely N-dealkylation sites (tertiary alicyclic amines) is 1. The monoisotopic (exact) mass is 297 g/mol. The quantitative estimate of drug-likeness (QED) is 0.689. The number of imidazole rings is 1. The lowest BCUT2D eigenvalue weighted by Gasteiger charge is -2.10. The summed E-state index contributed by atoms with van der Waals surface area (Å²) in [6, 6.07) is 7.76. The molecule has 0 unspecified atom stereocenters. The van der Waals surface area contributed by atoms with E-state index in [2.05, 4.69) is 23.0 Å². The van der Waals surface area contributed by atoms with E-state index in [0.717, 1.165) is 33.5 Å². The van der Waals surface area contributed by atoms with Gasteiger partial charge in [0.2, 0.25) is 0 Å². The van der Waals surface area contributed by atoms with E-state index in [1.807, 2.05) is 30.3 Å². The Kier molecular flexibility index (Phi) is 2.82. The Bertz CT molecular complexity index is 967. The highest BCUT2D eigenvalue weighted by Crippen LogP contribution is 2.18. The maximum absolute atomic E-state index is 12.5. The fraction of sp³-hybridized carbons (Fsp3) is 0.250. The molecule has 0 N–H and O–H groups in total. The topological polar surface area (TPSA) is 37.6 Å². The van der Waals surface area contributed by atoms with Gasteiger partial charge in [-0.25, -0.2) is 9.38 Å². The van der Waals surface area contributed by atoms with E-state index in [1.54, 1.807) is 4.40 Å². The third-order valence-corrected chi connectivity index (χ3v) is 4.98. The molecular weight excluding hydrogens is 282 g/mol.